The number of hydrogen-bond acceptors (Lipinski definition) is 3. The maximum Gasteiger partial charge on any atom is 0.128 e. The lowest BCUT2D eigenvalue weighted by atomic mass is 10.0. The molecule has 1 unspecified atom stereocenters. The van der Waals surface area contributed by atoms with Gasteiger partial charge in [-0.05, 0) is 35.8 Å². The van der Waals surface area contributed by atoms with Crippen LogP contribution in [0.25, 0.3) is 0 Å². The second-order valence-electron chi connectivity index (χ2n) is 4.54. The predicted molar refractivity (Wildman–Crippen MR) is 75.9 cm³/mol. The molecule has 0 aliphatic carbocycles. The Bertz CT molecular complexity index is 568. The number of rotatable bonds is 4. The van der Waals surface area contributed by atoms with Gasteiger partial charge < -0.3 is 0 Å². The molecule has 102 valence electrons. The van der Waals surface area contributed by atoms with Crippen LogP contribution in [0.15, 0.2) is 34.9 Å². The minimum Gasteiger partial charge on any atom is -0.271 e. The predicted octanol–water partition coefficient (Wildman–Crippen LogP) is 2.92. The Morgan fingerprint density at radius 2 is 2.05 bits per heavy atom. The molecular weight excluding hydrogens is 311 g/mol. The summed E-state index contributed by atoms with van der Waals surface area (Å²) in [5, 5.41) is 4.29. The molecule has 0 spiro atoms. The van der Waals surface area contributed by atoms with Crippen molar-refractivity contribution in [2.45, 2.75) is 25.9 Å². The van der Waals surface area contributed by atoms with Gasteiger partial charge >= 0.3 is 0 Å². The highest BCUT2D eigenvalue weighted by molar-refractivity contribution is 9.10. The first-order chi connectivity index (χ1) is 9.06. The Balaban J connectivity index is 2.55. The van der Waals surface area contributed by atoms with E-state index >= 15 is 0 Å². The molecule has 0 saturated carbocycles. The topological polar surface area (TPSA) is 55.9 Å². The molecule has 6 heteroatoms. The van der Waals surface area contributed by atoms with Crippen molar-refractivity contribution in [3.8, 4) is 0 Å². The van der Waals surface area contributed by atoms with Gasteiger partial charge in [-0.25, -0.2) is 9.82 Å². The van der Waals surface area contributed by atoms with Gasteiger partial charge in [-0.1, -0.05) is 18.2 Å². The van der Waals surface area contributed by atoms with Crippen molar-refractivity contribution in [2.75, 3.05) is 0 Å². The maximum atomic E-state index is 13.9. The van der Waals surface area contributed by atoms with E-state index < -0.39 is 6.04 Å². The average Bonchev–Trinajstić information content (AvgIpc) is 2.75. The third-order valence-corrected chi connectivity index (χ3v) is 3.54. The van der Waals surface area contributed by atoms with E-state index in [9.17, 15) is 4.39 Å². The van der Waals surface area contributed by atoms with Crippen molar-refractivity contribution < 1.29 is 4.39 Å². The fourth-order valence-electron chi connectivity index (χ4n) is 2.06. The van der Waals surface area contributed by atoms with E-state index in [2.05, 4.69) is 26.5 Å². The molecule has 0 saturated heterocycles. The molecule has 3 N–H and O–H groups in total. The molecule has 0 radical (unpaired) electrons. The van der Waals surface area contributed by atoms with Crippen molar-refractivity contribution in [1.29, 1.82) is 0 Å². The molecule has 0 bridgehead atoms. The first-order valence-electron chi connectivity index (χ1n) is 5.99. The van der Waals surface area contributed by atoms with Crippen molar-refractivity contribution >= 4 is 15.9 Å². The number of nitrogens with two attached hydrogens (primary N) is 1. The summed E-state index contributed by atoms with van der Waals surface area (Å²) in [6, 6.07) is 6.27. The molecule has 1 aromatic heterocycles. The van der Waals surface area contributed by atoms with Crippen LogP contribution < -0.4 is 11.3 Å². The molecule has 0 aliphatic heterocycles. The van der Waals surface area contributed by atoms with Gasteiger partial charge in [0.25, 0.3) is 0 Å². The largest absolute Gasteiger partial charge is 0.271 e. The molecule has 1 heterocycles. The number of hydrazine groups is 1. The van der Waals surface area contributed by atoms with Gasteiger partial charge in [0.15, 0.2) is 0 Å². The van der Waals surface area contributed by atoms with Crippen LogP contribution in [0.1, 0.15) is 37.2 Å². The highest BCUT2D eigenvalue weighted by atomic mass is 79.9. The van der Waals surface area contributed by atoms with Gasteiger partial charge in [0, 0.05) is 11.6 Å². The molecule has 19 heavy (non-hydrogen) atoms. The zero-order chi connectivity index (χ0) is 14.0. The Hall–Kier alpha value is -1.24. The highest BCUT2D eigenvalue weighted by Crippen LogP contribution is 2.31. The van der Waals surface area contributed by atoms with E-state index in [1.807, 2.05) is 18.5 Å². The molecule has 2 aromatic rings. The number of nitrogens with one attached hydrogen (secondary N) is 1. The Morgan fingerprint density at radius 1 is 1.37 bits per heavy atom. The quantitative estimate of drug-likeness (QED) is 0.671. The molecule has 0 aliphatic rings. The second-order valence-corrected chi connectivity index (χ2v) is 5.39. The zero-order valence-electron chi connectivity index (χ0n) is 10.8. The summed E-state index contributed by atoms with van der Waals surface area (Å²) < 4.78 is 16.6. The summed E-state index contributed by atoms with van der Waals surface area (Å²) in [5.74, 6) is 5.33. The lowest BCUT2D eigenvalue weighted by Gasteiger charge is -2.21. The summed E-state index contributed by atoms with van der Waals surface area (Å²) in [5.41, 5.74) is 3.97. The van der Waals surface area contributed by atoms with Crippen LogP contribution in [0.4, 0.5) is 4.39 Å². The Morgan fingerprint density at radius 3 is 2.63 bits per heavy atom. The molecule has 1 aromatic carbocycles. The van der Waals surface area contributed by atoms with E-state index in [1.165, 1.54) is 6.07 Å². The van der Waals surface area contributed by atoms with Crippen LogP contribution >= 0.6 is 15.9 Å². The van der Waals surface area contributed by atoms with Gasteiger partial charge in [-0.15, -0.1) is 0 Å². The first-order valence-corrected chi connectivity index (χ1v) is 6.79. The van der Waals surface area contributed by atoms with E-state index in [4.69, 9.17) is 5.84 Å². The maximum absolute atomic E-state index is 13.9. The zero-order valence-corrected chi connectivity index (χ0v) is 12.4. The van der Waals surface area contributed by atoms with Crippen LogP contribution in [-0.2, 0) is 0 Å². The number of halogens is 2. The Kier molecular flexibility index (Phi) is 4.34. The van der Waals surface area contributed by atoms with Crippen LogP contribution in [0.5, 0.6) is 0 Å². The van der Waals surface area contributed by atoms with Gasteiger partial charge in [0.1, 0.15) is 5.82 Å². The number of benzene rings is 1. The standard InChI is InChI=1S/C13H16BrFN4/c1-8(2)19-13(10(14)7-17-19)12(18-16)9-5-3-4-6-11(9)15/h3-8,12,18H,16H2,1-2H3. The summed E-state index contributed by atoms with van der Waals surface area (Å²) in [7, 11) is 0. The van der Waals surface area contributed by atoms with E-state index in [0.717, 1.165) is 10.2 Å². The van der Waals surface area contributed by atoms with Gasteiger partial charge in [0.05, 0.1) is 22.4 Å². The normalized spacial score (nSPS) is 12.9. The molecule has 1 atom stereocenters. The summed E-state index contributed by atoms with van der Waals surface area (Å²) >= 11 is 3.45. The Labute approximate surface area is 119 Å². The first kappa shape index (κ1) is 14.2. The van der Waals surface area contributed by atoms with Crippen LogP contribution in [0, 0.1) is 5.82 Å². The molecule has 0 amide bonds. The van der Waals surface area contributed by atoms with Crippen molar-refractivity contribution in [3.63, 3.8) is 0 Å². The fourth-order valence-corrected chi connectivity index (χ4v) is 2.56. The molecule has 2 rings (SSSR count). The van der Waals surface area contributed by atoms with Crippen molar-refractivity contribution in [3.05, 3.63) is 52.0 Å². The smallest absolute Gasteiger partial charge is 0.128 e. The van der Waals surface area contributed by atoms with Gasteiger partial charge in [-0.2, -0.15) is 5.10 Å². The third kappa shape index (κ3) is 2.70. The molecular formula is C13H16BrFN4. The average molecular weight is 327 g/mol. The summed E-state index contributed by atoms with van der Waals surface area (Å²) in [4.78, 5) is 0. The van der Waals surface area contributed by atoms with E-state index in [-0.39, 0.29) is 11.9 Å². The number of hydrogen-bond donors (Lipinski definition) is 2. The molecule has 0 fully saturated rings. The number of nitrogens with zero attached hydrogens (tertiary/aromatic N) is 2. The van der Waals surface area contributed by atoms with Gasteiger partial charge in [0.2, 0.25) is 0 Å². The van der Waals surface area contributed by atoms with Crippen LogP contribution in [-0.4, -0.2) is 9.78 Å². The van der Waals surface area contributed by atoms with Gasteiger partial charge in [-0.3, -0.25) is 10.5 Å². The van der Waals surface area contributed by atoms with E-state index in [0.29, 0.717) is 5.56 Å². The SMILES string of the molecule is CC(C)n1ncc(Br)c1C(NN)c1ccccc1F. The lowest BCUT2D eigenvalue weighted by molar-refractivity contribution is 0.466. The monoisotopic (exact) mass is 326 g/mol. The van der Waals surface area contributed by atoms with Crippen LogP contribution in [0.2, 0.25) is 0 Å². The van der Waals surface area contributed by atoms with Crippen molar-refractivity contribution in [2.24, 2.45) is 5.84 Å². The third-order valence-electron chi connectivity index (χ3n) is 2.93. The minimum atomic E-state index is -0.458. The van der Waals surface area contributed by atoms with Crippen LogP contribution in [0.3, 0.4) is 0 Å². The minimum absolute atomic E-state index is 0.156. The van der Waals surface area contributed by atoms with E-state index in [1.54, 1.807) is 24.4 Å². The van der Waals surface area contributed by atoms with Crippen molar-refractivity contribution in [1.82, 2.24) is 15.2 Å². The molecule has 4 nitrogen and oxygen atoms in total. The number of aromatic nitrogens is 2. The lowest BCUT2D eigenvalue weighted by Crippen LogP contribution is -2.32. The summed E-state index contributed by atoms with van der Waals surface area (Å²) in [6.07, 6.45) is 1.69. The summed E-state index contributed by atoms with van der Waals surface area (Å²) in [6.45, 7) is 4.02. The highest BCUT2D eigenvalue weighted by Gasteiger charge is 2.24. The second kappa shape index (κ2) is 5.81. The fraction of sp³-hybridized carbons (Fsp3) is 0.308.